The minimum absolute atomic E-state index is 0. The van der Waals surface area contributed by atoms with Gasteiger partial charge in [-0.25, -0.2) is 4.39 Å². The fraction of sp³-hybridized carbons (Fsp3) is 0.333. The number of nitrogens with one attached hydrogen (secondary N) is 1. The van der Waals surface area contributed by atoms with Gasteiger partial charge in [-0.2, -0.15) is 5.10 Å². The van der Waals surface area contributed by atoms with Gasteiger partial charge in [-0.1, -0.05) is 6.07 Å². The van der Waals surface area contributed by atoms with Gasteiger partial charge in [0.05, 0.1) is 24.3 Å². The fourth-order valence-corrected chi connectivity index (χ4v) is 2.12. The molecular formula is C15H17FN3NaO3. The molecule has 1 atom stereocenters. The van der Waals surface area contributed by atoms with E-state index in [0.717, 1.165) is 0 Å². The zero-order valence-electron chi connectivity index (χ0n) is 13.4. The van der Waals surface area contributed by atoms with Crippen LogP contribution < -0.4 is 44.7 Å². The van der Waals surface area contributed by atoms with Crippen molar-refractivity contribution in [3.63, 3.8) is 0 Å². The smallest absolute Gasteiger partial charge is 0.548 e. The minimum atomic E-state index is -1.27. The number of hydrogen-bond donors (Lipinski definition) is 1. The first-order valence-electron chi connectivity index (χ1n) is 6.86. The average molecular weight is 329 g/mol. The summed E-state index contributed by atoms with van der Waals surface area (Å²) in [6, 6.07) is 5.08. The summed E-state index contributed by atoms with van der Waals surface area (Å²) in [5.41, 5.74) is 1.07. The molecule has 0 radical (unpaired) electrons. The second kappa shape index (κ2) is 9.02. The van der Waals surface area contributed by atoms with Crippen LogP contribution in [0.2, 0.25) is 0 Å². The number of rotatable bonds is 7. The maximum absolute atomic E-state index is 13.8. The van der Waals surface area contributed by atoms with Crippen LogP contribution in [-0.4, -0.2) is 22.4 Å². The summed E-state index contributed by atoms with van der Waals surface area (Å²) in [5.74, 6) is -1.57. The Morgan fingerprint density at radius 3 is 2.74 bits per heavy atom. The molecule has 0 saturated heterocycles. The van der Waals surface area contributed by atoms with Gasteiger partial charge in [0.25, 0.3) is 0 Å². The molecule has 0 amide bonds. The normalized spacial score (nSPS) is 11.6. The van der Waals surface area contributed by atoms with Crippen LogP contribution in [-0.2, 0) is 18.4 Å². The monoisotopic (exact) mass is 329 g/mol. The molecule has 1 aromatic heterocycles. The summed E-state index contributed by atoms with van der Waals surface area (Å²) >= 11 is 0. The SMILES string of the molecule is CCOc1ccc(CNC(C(=O)[O-])c2ccnn2C)cc1F.[Na+]. The fourth-order valence-electron chi connectivity index (χ4n) is 2.12. The standard InChI is InChI=1S/C15H18FN3O3.Na/c1-3-22-13-5-4-10(8-11(13)16)9-17-14(15(20)21)12-6-7-18-19(12)2;/h4-8,14,17H,3,9H2,1-2H3,(H,20,21);/q;+1/p-1. The topological polar surface area (TPSA) is 79.2 Å². The number of aromatic nitrogens is 2. The number of halogens is 1. The quantitative estimate of drug-likeness (QED) is 0.570. The molecule has 0 fully saturated rings. The van der Waals surface area contributed by atoms with Crippen LogP contribution in [0.3, 0.4) is 0 Å². The van der Waals surface area contributed by atoms with Gasteiger partial charge in [0.15, 0.2) is 11.6 Å². The van der Waals surface area contributed by atoms with Crippen molar-refractivity contribution in [2.24, 2.45) is 7.05 Å². The van der Waals surface area contributed by atoms with E-state index < -0.39 is 17.8 Å². The van der Waals surface area contributed by atoms with Crippen LogP contribution in [0.25, 0.3) is 0 Å². The number of aliphatic carboxylic acids is 1. The third-order valence-electron chi connectivity index (χ3n) is 3.20. The molecule has 8 heteroatoms. The second-order valence-corrected chi connectivity index (χ2v) is 4.71. The van der Waals surface area contributed by atoms with Crippen molar-refractivity contribution in [3.8, 4) is 5.75 Å². The van der Waals surface area contributed by atoms with E-state index >= 15 is 0 Å². The van der Waals surface area contributed by atoms with E-state index in [0.29, 0.717) is 17.9 Å². The van der Waals surface area contributed by atoms with Crippen molar-refractivity contribution >= 4 is 5.97 Å². The number of hydrogen-bond acceptors (Lipinski definition) is 5. The molecule has 1 N–H and O–H groups in total. The molecule has 1 heterocycles. The number of benzene rings is 1. The van der Waals surface area contributed by atoms with Crippen LogP contribution in [0.15, 0.2) is 30.5 Å². The number of aryl methyl sites for hydroxylation is 1. The van der Waals surface area contributed by atoms with Crippen molar-refractivity contribution in [2.45, 2.75) is 19.5 Å². The molecule has 23 heavy (non-hydrogen) atoms. The minimum Gasteiger partial charge on any atom is -0.548 e. The molecule has 2 rings (SSSR count). The Balaban J connectivity index is 0.00000264. The van der Waals surface area contributed by atoms with Gasteiger partial charge >= 0.3 is 29.6 Å². The van der Waals surface area contributed by atoms with E-state index in [1.54, 1.807) is 26.1 Å². The van der Waals surface area contributed by atoms with E-state index in [-0.39, 0.29) is 41.9 Å². The van der Waals surface area contributed by atoms with Gasteiger partial charge in [0.1, 0.15) is 0 Å². The van der Waals surface area contributed by atoms with Crippen LogP contribution in [0.5, 0.6) is 5.75 Å². The van der Waals surface area contributed by atoms with E-state index in [4.69, 9.17) is 4.74 Å². The van der Waals surface area contributed by atoms with Crippen molar-refractivity contribution in [3.05, 3.63) is 47.5 Å². The van der Waals surface area contributed by atoms with Gasteiger partial charge in [-0.05, 0) is 30.7 Å². The Kier molecular flexibility index (Phi) is 7.70. The summed E-state index contributed by atoms with van der Waals surface area (Å²) in [6.45, 7) is 2.32. The Hall–Kier alpha value is -1.41. The Morgan fingerprint density at radius 1 is 1.48 bits per heavy atom. The molecular weight excluding hydrogens is 312 g/mol. The van der Waals surface area contributed by atoms with Crippen molar-refractivity contribution in [2.75, 3.05) is 6.61 Å². The van der Waals surface area contributed by atoms with Crippen molar-refractivity contribution < 1.29 is 48.6 Å². The number of ether oxygens (including phenoxy) is 1. The van der Waals surface area contributed by atoms with Crippen molar-refractivity contribution in [1.82, 2.24) is 15.1 Å². The maximum atomic E-state index is 13.8. The Labute approximate surface area is 155 Å². The number of nitrogens with zero attached hydrogens (tertiary/aromatic N) is 2. The summed E-state index contributed by atoms with van der Waals surface area (Å²) in [4.78, 5) is 11.3. The first-order chi connectivity index (χ1) is 10.5. The van der Waals surface area contributed by atoms with Crippen molar-refractivity contribution in [1.29, 1.82) is 0 Å². The van der Waals surface area contributed by atoms with E-state index in [9.17, 15) is 14.3 Å². The molecule has 0 aliphatic carbocycles. The van der Waals surface area contributed by atoms with Gasteiger partial charge in [0.2, 0.25) is 0 Å². The van der Waals surface area contributed by atoms with Gasteiger partial charge < -0.3 is 14.6 Å². The van der Waals surface area contributed by atoms with E-state index in [1.165, 1.54) is 23.0 Å². The van der Waals surface area contributed by atoms with Crippen LogP contribution in [0.1, 0.15) is 24.2 Å². The van der Waals surface area contributed by atoms with E-state index in [1.807, 2.05) is 0 Å². The summed E-state index contributed by atoms with van der Waals surface area (Å²) < 4.78 is 20.3. The van der Waals surface area contributed by atoms with Gasteiger partial charge in [-0.15, -0.1) is 0 Å². The van der Waals surface area contributed by atoms with Crippen LogP contribution in [0.4, 0.5) is 4.39 Å². The zero-order valence-corrected chi connectivity index (χ0v) is 15.4. The zero-order chi connectivity index (χ0) is 16.1. The molecule has 118 valence electrons. The molecule has 0 aliphatic heterocycles. The maximum Gasteiger partial charge on any atom is 1.00 e. The second-order valence-electron chi connectivity index (χ2n) is 4.71. The molecule has 0 saturated carbocycles. The molecule has 2 aromatic rings. The average Bonchev–Trinajstić information content (AvgIpc) is 2.88. The summed E-state index contributed by atoms with van der Waals surface area (Å²) in [5, 5.41) is 18.0. The van der Waals surface area contributed by atoms with Crippen LogP contribution >= 0.6 is 0 Å². The molecule has 0 aliphatic rings. The number of carbonyl (C=O) groups excluding carboxylic acids is 1. The molecule has 6 nitrogen and oxygen atoms in total. The predicted molar refractivity (Wildman–Crippen MR) is 75.4 cm³/mol. The molecule has 1 aromatic carbocycles. The Morgan fingerprint density at radius 2 is 2.22 bits per heavy atom. The number of carboxylic acids is 1. The third-order valence-corrected chi connectivity index (χ3v) is 3.20. The largest absolute Gasteiger partial charge is 1.00 e. The first kappa shape index (κ1) is 19.6. The molecule has 0 spiro atoms. The van der Waals surface area contributed by atoms with E-state index in [2.05, 4.69) is 10.4 Å². The molecule has 0 bridgehead atoms. The Bertz CT molecular complexity index is 663. The number of carboxylic acid groups (broad SMARTS) is 1. The van der Waals surface area contributed by atoms with Gasteiger partial charge in [0, 0.05) is 19.8 Å². The summed E-state index contributed by atoms with van der Waals surface area (Å²) in [6.07, 6.45) is 1.50. The van der Waals surface area contributed by atoms with Crippen LogP contribution in [0, 0.1) is 5.82 Å². The third kappa shape index (κ3) is 5.04. The molecule has 1 unspecified atom stereocenters. The number of carbonyl (C=O) groups is 1. The predicted octanol–water partition coefficient (Wildman–Crippen LogP) is -2.46. The van der Waals surface area contributed by atoms with Gasteiger partial charge in [-0.3, -0.25) is 10.00 Å². The first-order valence-corrected chi connectivity index (χ1v) is 6.86. The summed E-state index contributed by atoms with van der Waals surface area (Å²) in [7, 11) is 1.64.